The highest BCUT2D eigenvalue weighted by Crippen LogP contribution is 2.61. The predicted octanol–water partition coefficient (Wildman–Crippen LogP) is 4.05. The van der Waals surface area contributed by atoms with E-state index in [1.165, 1.54) is 0 Å². The van der Waals surface area contributed by atoms with E-state index in [-0.39, 0.29) is 0 Å². The molecule has 0 spiro atoms. The third kappa shape index (κ3) is 3.23. The quantitative estimate of drug-likeness (QED) is 0.779. The molecule has 0 aliphatic rings. The molecular weight excluding hydrogens is 268 g/mol. The summed E-state index contributed by atoms with van der Waals surface area (Å²) in [5, 5.41) is 1.43. The fraction of sp³-hybridized carbons (Fsp3) is 0.625. The Balaban J connectivity index is 3.26. The highest BCUT2D eigenvalue weighted by molar-refractivity contribution is 8.31. The smallest absolute Gasteiger partial charge is 0.158 e. The highest BCUT2D eigenvalue weighted by Gasteiger charge is 2.37. The van der Waals surface area contributed by atoms with Gasteiger partial charge in [-0.15, -0.1) is 0 Å². The minimum Gasteiger partial charge on any atom is -0.446 e. The first-order valence-electron chi connectivity index (χ1n) is 7.33. The molecule has 0 heterocycles. The monoisotopic (exact) mass is 298 g/mol. The molecule has 4 N–H and O–H groups in total. The molecule has 0 aromatic heterocycles. The Labute approximate surface area is 125 Å². The zero-order valence-electron chi connectivity index (χ0n) is 13.6. The summed E-state index contributed by atoms with van der Waals surface area (Å²) in [6.07, 6.45) is 0. The van der Waals surface area contributed by atoms with Crippen molar-refractivity contribution < 1.29 is 4.18 Å². The van der Waals surface area contributed by atoms with Crippen molar-refractivity contribution in [3.8, 4) is 5.75 Å². The molecular formula is C16H30N2OS. The highest BCUT2D eigenvalue weighted by atomic mass is 32.3. The van der Waals surface area contributed by atoms with E-state index in [0.717, 1.165) is 11.3 Å². The molecule has 0 unspecified atom stereocenters. The first-order chi connectivity index (χ1) is 9.25. The molecule has 0 aliphatic heterocycles. The van der Waals surface area contributed by atoms with Crippen LogP contribution in [0.15, 0.2) is 18.2 Å². The molecule has 1 aromatic carbocycles. The van der Waals surface area contributed by atoms with Crippen LogP contribution >= 0.6 is 10.3 Å². The Morgan fingerprint density at radius 2 is 1.50 bits per heavy atom. The maximum absolute atomic E-state index is 6.56. The molecule has 0 bridgehead atoms. The van der Waals surface area contributed by atoms with E-state index in [0.29, 0.717) is 28.0 Å². The third-order valence-electron chi connectivity index (χ3n) is 3.76. The Kier molecular flexibility index (Phi) is 5.78. The maximum atomic E-state index is 6.56. The molecule has 3 nitrogen and oxygen atoms in total. The van der Waals surface area contributed by atoms with Crippen molar-refractivity contribution in [2.45, 2.75) is 63.8 Å². The SMILES string of the molecule is CC(C)S(Oc1cc(CN)ccc1N)(C(C)C)C(C)C. The molecule has 20 heavy (non-hydrogen) atoms. The van der Waals surface area contributed by atoms with Crippen LogP contribution in [0.5, 0.6) is 5.75 Å². The summed E-state index contributed by atoms with van der Waals surface area (Å²) < 4.78 is 6.56. The van der Waals surface area contributed by atoms with Crippen molar-refractivity contribution >= 4 is 16.0 Å². The van der Waals surface area contributed by atoms with Gasteiger partial charge in [0, 0.05) is 22.3 Å². The van der Waals surface area contributed by atoms with Crippen molar-refractivity contribution in [3.63, 3.8) is 0 Å². The summed E-state index contributed by atoms with van der Waals surface area (Å²) in [6.45, 7) is 14.0. The Morgan fingerprint density at radius 3 is 1.90 bits per heavy atom. The van der Waals surface area contributed by atoms with Gasteiger partial charge in [0.1, 0.15) is 0 Å². The number of nitrogen functional groups attached to an aromatic ring is 1. The molecule has 1 aromatic rings. The topological polar surface area (TPSA) is 61.3 Å². The number of rotatable bonds is 6. The van der Waals surface area contributed by atoms with Crippen LogP contribution in [0.25, 0.3) is 0 Å². The van der Waals surface area contributed by atoms with Crippen LogP contribution in [0.2, 0.25) is 0 Å². The fourth-order valence-corrected chi connectivity index (χ4v) is 7.15. The van der Waals surface area contributed by atoms with Crippen molar-refractivity contribution in [3.05, 3.63) is 23.8 Å². The molecule has 0 radical (unpaired) electrons. The van der Waals surface area contributed by atoms with Crippen molar-refractivity contribution in [1.82, 2.24) is 0 Å². The van der Waals surface area contributed by atoms with Crippen LogP contribution in [-0.4, -0.2) is 15.7 Å². The van der Waals surface area contributed by atoms with E-state index in [9.17, 15) is 0 Å². The van der Waals surface area contributed by atoms with Crippen molar-refractivity contribution in [2.24, 2.45) is 5.73 Å². The van der Waals surface area contributed by atoms with E-state index < -0.39 is 10.3 Å². The lowest BCUT2D eigenvalue weighted by Crippen LogP contribution is -2.33. The van der Waals surface area contributed by atoms with Crippen LogP contribution < -0.4 is 15.7 Å². The van der Waals surface area contributed by atoms with Crippen LogP contribution in [-0.2, 0) is 6.54 Å². The van der Waals surface area contributed by atoms with E-state index in [4.69, 9.17) is 15.7 Å². The fourth-order valence-electron chi connectivity index (χ4n) is 2.86. The predicted molar refractivity (Wildman–Crippen MR) is 92.4 cm³/mol. The second-order valence-corrected chi connectivity index (χ2v) is 10.4. The lowest BCUT2D eigenvalue weighted by molar-refractivity contribution is 0.585. The second-order valence-electron chi connectivity index (χ2n) is 6.00. The normalized spacial score (nSPS) is 13.3. The number of benzene rings is 1. The summed E-state index contributed by atoms with van der Waals surface area (Å²) in [5.74, 6) is 0.791. The van der Waals surface area contributed by atoms with Gasteiger partial charge in [0.25, 0.3) is 0 Å². The minimum atomic E-state index is -1.27. The third-order valence-corrected chi connectivity index (χ3v) is 8.65. The van der Waals surface area contributed by atoms with Crippen LogP contribution in [0.3, 0.4) is 0 Å². The number of hydrogen-bond donors (Lipinski definition) is 2. The number of nitrogens with two attached hydrogens (primary N) is 2. The molecule has 0 amide bonds. The minimum absolute atomic E-state index is 0.475. The molecule has 4 heteroatoms. The van der Waals surface area contributed by atoms with E-state index in [2.05, 4.69) is 41.5 Å². The largest absolute Gasteiger partial charge is 0.446 e. The summed E-state index contributed by atoms with van der Waals surface area (Å²) in [4.78, 5) is 0. The Morgan fingerprint density at radius 1 is 1.00 bits per heavy atom. The molecule has 116 valence electrons. The maximum Gasteiger partial charge on any atom is 0.158 e. The summed E-state index contributed by atoms with van der Waals surface area (Å²) >= 11 is 0. The summed E-state index contributed by atoms with van der Waals surface area (Å²) in [5.41, 5.74) is 13.6. The molecule has 0 fully saturated rings. The number of anilines is 1. The van der Waals surface area contributed by atoms with Gasteiger partial charge in [-0.2, -0.15) is 0 Å². The van der Waals surface area contributed by atoms with Gasteiger partial charge in [-0.25, -0.2) is 0 Å². The Hall–Kier alpha value is -0.870. The first kappa shape index (κ1) is 17.2. The van der Waals surface area contributed by atoms with Gasteiger partial charge >= 0.3 is 0 Å². The number of hydrogen-bond acceptors (Lipinski definition) is 3. The average Bonchev–Trinajstić information content (AvgIpc) is 2.36. The zero-order valence-corrected chi connectivity index (χ0v) is 14.5. The van der Waals surface area contributed by atoms with E-state index in [1.54, 1.807) is 0 Å². The van der Waals surface area contributed by atoms with Crippen LogP contribution in [0.4, 0.5) is 5.69 Å². The van der Waals surface area contributed by atoms with E-state index >= 15 is 0 Å². The average molecular weight is 298 g/mol. The van der Waals surface area contributed by atoms with Gasteiger partial charge in [0.05, 0.1) is 5.69 Å². The van der Waals surface area contributed by atoms with Crippen molar-refractivity contribution in [1.29, 1.82) is 0 Å². The second kappa shape index (κ2) is 6.72. The molecule has 0 saturated heterocycles. The summed E-state index contributed by atoms with van der Waals surface area (Å²) in [7, 11) is -1.27. The summed E-state index contributed by atoms with van der Waals surface area (Å²) in [6, 6.07) is 5.84. The van der Waals surface area contributed by atoms with Gasteiger partial charge in [-0.3, -0.25) is 0 Å². The Bertz CT molecular complexity index is 422. The van der Waals surface area contributed by atoms with Gasteiger partial charge in [0.15, 0.2) is 5.75 Å². The zero-order chi connectivity index (χ0) is 15.5. The van der Waals surface area contributed by atoms with E-state index in [1.807, 2.05) is 18.2 Å². The molecule has 0 aliphatic carbocycles. The van der Waals surface area contributed by atoms with Crippen LogP contribution in [0, 0.1) is 0 Å². The van der Waals surface area contributed by atoms with Gasteiger partial charge in [-0.1, -0.05) is 57.9 Å². The molecule has 0 atom stereocenters. The molecule has 1 rings (SSSR count). The first-order valence-corrected chi connectivity index (χ1v) is 9.08. The van der Waals surface area contributed by atoms with Gasteiger partial charge in [0.2, 0.25) is 0 Å². The van der Waals surface area contributed by atoms with Crippen molar-refractivity contribution in [2.75, 3.05) is 5.73 Å². The lowest BCUT2D eigenvalue weighted by Gasteiger charge is -2.50. The molecule has 0 saturated carbocycles. The standard InChI is InChI=1S/C16H30N2OS/c1-11(2)20(12(3)4,13(5)6)19-16-9-14(10-17)7-8-15(16)18/h7-9,11-13H,10,17-18H2,1-6H3. The van der Waals surface area contributed by atoms with Gasteiger partial charge < -0.3 is 15.7 Å². The van der Waals surface area contributed by atoms with Crippen LogP contribution in [0.1, 0.15) is 47.1 Å². The lowest BCUT2D eigenvalue weighted by atomic mass is 10.2. The van der Waals surface area contributed by atoms with Gasteiger partial charge in [-0.05, 0) is 17.7 Å².